The number of allylic oxidation sites excluding steroid dienone is 2. The molecular formula is C14H18N2O8. The van der Waals surface area contributed by atoms with Gasteiger partial charge in [0.15, 0.2) is 12.1 Å². The van der Waals surface area contributed by atoms with Crippen LogP contribution in [0.4, 0.5) is 0 Å². The minimum Gasteiger partial charge on any atom is -0.480 e. The molecule has 24 heavy (non-hydrogen) atoms. The van der Waals surface area contributed by atoms with Crippen molar-refractivity contribution in [3.05, 3.63) is 23.5 Å². The van der Waals surface area contributed by atoms with Crippen molar-refractivity contribution in [2.24, 2.45) is 0 Å². The Morgan fingerprint density at radius 2 is 1.12 bits per heavy atom. The number of hydrogen-bond donors (Lipinski definition) is 6. The summed E-state index contributed by atoms with van der Waals surface area (Å²) < 4.78 is 0. The molecule has 0 radical (unpaired) electrons. The molecule has 6 N–H and O–H groups in total. The van der Waals surface area contributed by atoms with Crippen LogP contribution in [0.2, 0.25) is 0 Å². The highest BCUT2D eigenvalue weighted by atomic mass is 16.4. The first-order valence-corrected chi connectivity index (χ1v) is 6.91. The third kappa shape index (κ3) is 4.64. The van der Waals surface area contributed by atoms with E-state index in [1.807, 2.05) is 0 Å². The number of carboxylic acid groups (broad SMARTS) is 2. The average molecular weight is 342 g/mol. The van der Waals surface area contributed by atoms with E-state index in [2.05, 4.69) is 10.6 Å². The molecule has 10 heteroatoms. The molecule has 0 fully saturated rings. The number of carboxylic acids is 2. The smallest absolute Gasteiger partial charge is 0.328 e. The topological polar surface area (TPSA) is 173 Å². The molecule has 132 valence electrons. The van der Waals surface area contributed by atoms with Crippen LogP contribution in [0.1, 0.15) is 13.8 Å². The molecule has 0 saturated heterocycles. The van der Waals surface area contributed by atoms with Gasteiger partial charge in [0.1, 0.15) is 0 Å². The van der Waals surface area contributed by atoms with E-state index >= 15 is 0 Å². The summed E-state index contributed by atoms with van der Waals surface area (Å²) in [5.41, 5.74) is -0.689. The molecule has 0 aromatic carbocycles. The number of carbonyl (C=O) groups is 4. The zero-order valence-electron chi connectivity index (χ0n) is 12.9. The second-order valence-corrected chi connectivity index (χ2v) is 5.25. The van der Waals surface area contributed by atoms with Crippen molar-refractivity contribution >= 4 is 23.5 Å². The van der Waals surface area contributed by atoms with Crippen LogP contribution in [0.15, 0.2) is 23.5 Å². The molecular weight excluding hydrogens is 324 g/mol. The van der Waals surface area contributed by atoms with Crippen molar-refractivity contribution in [1.29, 1.82) is 0 Å². The summed E-state index contributed by atoms with van der Waals surface area (Å²) >= 11 is 0. The van der Waals surface area contributed by atoms with Gasteiger partial charge < -0.3 is 31.1 Å². The number of aliphatic hydroxyl groups is 2. The lowest BCUT2D eigenvalue weighted by molar-refractivity contribution is -0.143. The van der Waals surface area contributed by atoms with Gasteiger partial charge in [-0.1, -0.05) is 0 Å². The number of aliphatic hydroxyl groups excluding tert-OH is 2. The van der Waals surface area contributed by atoms with Gasteiger partial charge in [0.25, 0.3) is 0 Å². The Morgan fingerprint density at radius 1 is 0.833 bits per heavy atom. The number of aliphatic carboxylic acids is 2. The van der Waals surface area contributed by atoms with Crippen LogP contribution in [0, 0.1) is 0 Å². The van der Waals surface area contributed by atoms with E-state index in [0.717, 1.165) is 12.2 Å². The highest BCUT2D eigenvalue weighted by Crippen LogP contribution is 2.11. The summed E-state index contributed by atoms with van der Waals surface area (Å²) in [7, 11) is 0. The Hall–Kier alpha value is -2.72. The number of carbonyl (C=O) groups excluding carboxylic acids is 2. The quantitative estimate of drug-likeness (QED) is 0.264. The Balaban J connectivity index is 2.94. The van der Waals surface area contributed by atoms with Crippen molar-refractivity contribution in [2.45, 2.75) is 38.1 Å². The lowest BCUT2D eigenvalue weighted by atomic mass is 10.0. The van der Waals surface area contributed by atoms with Gasteiger partial charge in [0.05, 0.1) is 23.6 Å². The fraction of sp³-hybridized carbons (Fsp3) is 0.429. The molecule has 0 spiro atoms. The average Bonchev–Trinajstić information content (AvgIpc) is 2.44. The zero-order chi connectivity index (χ0) is 18.6. The molecule has 0 aliphatic heterocycles. The molecule has 0 heterocycles. The summed E-state index contributed by atoms with van der Waals surface area (Å²) in [5.74, 6) is -4.39. The first kappa shape index (κ1) is 19.3. The van der Waals surface area contributed by atoms with Gasteiger partial charge in [-0.05, 0) is 13.8 Å². The summed E-state index contributed by atoms with van der Waals surface area (Å²) in [5, 5.41) is 41.2. The Labute approximate surface area is 136 Å². The van der Waals surface area contributed by atoms with Crippen LogP contribution in [0.3, 0.4) is 0 Å². The van der Waals surface area contributed by atoms with Crippen LogP contribution >= 0.6 is 0 Å². The molecule has 1 aliphatic carbocycles. The predicted molar refractivity (Wildman–Crippen MR) is 78.7 cm³/mol. The second kappa shape index (κ2) is 7.70. The van der Waals surface area contributed by atoms with Crippen molar-refractivity contribution in [1.82, 2.24) is 10.6 Å². The van der Waals surface area contributed by atoms with E-state index in [-0.39, 0.29) is 11.4 Å². The predicted octanol–water partition coefficient (Wildman–Crippen LogP) is -2.25. The van der Waals surface area contributed by atoms with E-state index < -0.39 is 47.8 Å². The van der Waals surface area contributed by atoms with E-state index in [1.54, 1.807) is 0 Å². The number of nitrogens with one attached hydrogen (secondary N) is 2. The van der Waals surface area contributed by atoms with E-state index in [9.17, 15) is 29.4 Å². The number of ketones is 2. The zero-order valence-corrected chi connectivity index (χ0v) is 12.9. The molecule has 0 aromatic heterocycles. The minimum absolute atomic E-state index is 0.345. The van der Waals surface area contributed by atoms with Gasteiger partial charge in [-0.15, -0.1) is 0 Å². The van der Waals surface area contributed by atoms with Crippen molar-refractivity contribution < 1.29 is 39.6 Å². The standard InChI is InChI=1S/C14H18N2O8/c1-5(17)11(13(21)22)15-7-3-10(20)8(4-9(7)19)16-12(6(2)18)14(23)24/h3-6,11-12,15-18H,1-2H3,(H,21,22)(H,23,24)/t5-,6-,11-,12-/m1/s1. The lowest BCUT2D eigenvalue weighted by Gasteiger charge is -2.23. The number of hydrogen-bond acceptors (Lipinski definition) is 8. The minimum atomic E-state index is -1.50. The fourth-order valence-electron chi connectivity index (χ4n) is 1.90. The Bertz CT molecular complexity index is 566. The largest absolute Gasteiger partial charge is 0.480 e. The number of rotatable bonds is 8. The van der Waals surface area contributed by atoms with Gasteiger partial charge in [-0.25, -0.2) is 9.59 Å². The van der Waals surface area contributed by atoms with Gasteiger partial charge in [0.2, 0.25) is 11.6 Å². The molecule has 0 unspecified atom stereocenters. The molecule has 4 atom stereocenters. The van der Waals surface area contributed by atoms with Crippen LogP contribution in [0.5, 0.6) is 0 Å². The molecule has 0 bridgehead atoms. The Morgan fingerprint density at radius 3 is 1.33 bits per heavy atom. The van der Waals surface area contributed by atoms with Gasteiger partial charge in [0, 0.05) is 12.2 Å². The fourth-order valence-corrected chi connectivity index (χ4v) is 1.90. The van der Waals surface area contributed by atoms with E-state index in [0.29, 0.717) is 0 Å². The van der Waals surface area contributed by atoms with E-state index in [1.165, 1.54) is 13.8 Å². The second-order valence-electron chi connectivity index (χ2n) is 5.25. The summed E-state index contributed by atoms with van der Waals surface area (Å²) in [4.78, 5) is 45.9. The van der Waals surface area contributed by atoms with Crippen molar-refractivity contribution in [3.8, 4) is 0 Å². The lowest BCUT2D eigenvalue weighted by Crippen LogP contribution is -2.48. The van der Waals surface area contributed by atoms with Crippen LogP contribution in [0.25, 0.3) is 0 Å². The van der Waals surface area contributed by atoms with Gasteiger partial charge >= 0.3 is 11.9 Å². The molecule has 1 rings (SSSR count). The first-order valence-electron chi connectivity index (χ1n) is 6.91. The van der Waals surface area contributed by atoms with Crippen LogP contribution in [-0.2, 0) is 19.2 Å². The summed E-state index contributed by atoms with van der Waals surface area (Å²) in [6.07, 6.45) is -1.07. The monoisotopic (exact) mass is 342 g/mol. The SMILES string of the molecule is C[C@@H](O)[C@@H](NC1=CC(=O)C(N[C@@H](C(=O)O)[C@@H](C)O)=CC1=O)C(=O)O. The van der Waals surface area contributed by atoms with Gasteiger partial charge in [-0.3, -0.25) is 9.59 Å². The summed E-state index contributed by atoms with van der Waals surface area (Å²) in [6.45, 7) is 2.40. The third-order valence-corrected chi connectivity index (χ3v) is 3.20. The van der Waals surface area contributed by atoms with Crippen molar-refractivity contribution in [3.63, 3.8) is 0 Å². The van der Waals surface area contributed by atoms with Crippen LogP contribution in [-0.4, -0.2) is 68.2 Å². The van der Waals surface area contributed by atoms with E-state index in [4.69, 9.17) is 10.2 Å². The van der Waals surface area contributed by atoms with Gasteiger partial charge in [-0.2, -0.15) is 0 Å². The highest BCUT2D eigenvalue weighted by molar-refractivity contribution is 6.19. The highest BCUT2D eigenvalue weighted by Gasteiger charge is 2.30. The third-order valence-electron chi connectivity index (χ3n) is 3.20. The maximum Gasteiger partial charge on any atom is 0.328 e. The molecule has 0 aromatic rings. The Kier molecular flexibility index (Phi) is 6.20. The van der Waals surface area contributed by atoms with Crippen molar-refractivity contribution in [2.75, 3.05) is 0 Å². The molecule has 1 aliphatic rings. The molecule has 0 saturated carbocycles. The molecule has 10 nitrogen and oxygen atoms in total. The first-order chi connectivity index (χ1) is 11.0. The maximum absolute atomic E-state index is 12.0. The normalized spacial score (nSPS) is 19.5. The summed E-state index contributed by atoms with van der Waals surface area (Å²) in [6, 6.07) is -3.00. The maximum atomic E-state index is 12.0. The molecule has 0 amide bonds. The van der Waals surface area contributed by atoms with Crippen LogP contribution < -0.4 is 10.6 Å².